The fourth-order valence-corrected chi connectivity index (χ4v) is 3.68. The lowest BCUT2D eigenvalue weighted by Gasteiger charge is -2.11. The molecule has 2 aromatic rings. The van der Waals surface area contributed by atoms with Gasteiger partial charge in [0, 0.05) is 6.54 Å². The highest BCUT2D eigenvalue weighted by molar-refractivity contribution is 5.45. The van der Waals surface area contributed by atoms with Crippen molar-refractivity contribution in [1.29, 1.82) is 0 Å². The van der Waals surface area contributed by atoms with Crippen LogP contribution in [0.3, 0.4) is 0 Å². The first kappa shape index (κ1) is 13.6. The van der Waals surface area contributed by atoms with E-state index in [0.717, 1.165) is 12.5 Å². The minimum Gasteiger partial charge on any atom is -0.370 e. The van der Waals surface area contributed by atoms with Gasteiger partial charge in [-0.2, -0.15) is 13.2 Å². The quantitative estimate of drug-likeness (QED) is 0.923. The second-order valence-corrected chi connectivity index (χ2v) is 6.04. The van der Waals surface area contributed by atoms with Gasteiger partial charge >= 0.3 is 6.18 Å². The zero-order valence-corrected chi connectivity index (χ0v) is 11.8. The average molecular weight is 304 g/mol. The summed E-state index contributed by atoms with van der Waals surface area (Å²) >= 11 is 0. The van der Waals surface area contributed by atoms with E-state index in [0.29, 0.717) is 30.1 Å². The third-order valence-electron chi connectivity index (χ3n) is 4.76. The van der Waals surface area contributed by atoms with Crippen LogP contribution >= 0.6 is 0 Å². The summed E-state index contributed by atoms with van der Waals surface area (Å²) in [4.78, 5) is 3.65. The van der Waals surface area contributed by atoms with Crippen molar-refractivity contribution in [2.75, 3.05) is 11.9 Å². The van der Waals surface area contributed by atoms with E-state index >= 15 is 0 Å². The summed E-state index contributed by atoms with van der Waals surface area (Å²) in [6.07, 6.45) is -3.31. The van der Waals surface area contributed by atoms with Crippen molar-refractivity contribution in [2.24, 2.45) is 11.8 Å². The zero-order chi connectivity index (χ0) is 15.3. The first-order chi connectivity index (χ1) is 10.5. The van der Waals surface area contributed by atoms with Gasteiger partial charge in [-0.1, -0.05) is 30.3 Å². The molecule has 2 aliphatic carbocycles. The van der Waals surface area contributed by atoms with E-state index in [1.807, 2.05) is 0 Å². The van der Waals surface area contributed by atoms with Gasteiger partial charge in [0.1, 0.15) is 11.5 Å². The van der Waals surface area contributed by atoms with Crippen LogP contribution in [0.1, 0.15) is 22.7 Å². The molecule has 1 heterocycles. The van der Waals surface area contributed by atoms with Gasteiger partial charge in [0.2, 0.25) is 0 Å². The predicted octanol–water partition coefficient (Wildman–Crippen LogP) is 4.10. The van der Waals surface area contributed by atoms with Crippen LogP contribution in [-0.4, -0.2) is 11.5 Å². The lowest BCUT2D eigenvalue weighted by molar-refractivity contribution is -0.141. The Morgan fingerprint density at radius 2 is 1.91 bits per heavy atom. The Kier molecular flexibility index (Phi) is 2.93. The highest BCUT2D eigenvalue weighted by Gasteiger charge is 2.54. The van der Waals surface area contributed by atoms with Crippen LogP contribution in [0.2, 0.25) is 0 Å². The van der Waals surface area contributed by atoms with Gasteiger partial charge in [-0.25, -0.2) is 4.98 Å². The zero-order valence-electron chi connectivity index (χ0n) is 11.8. The van der Waals surface area contributed by atoms with Crippen LogP contribution in [0.4, 0.5) is 19.0 Å². The van der Waals surface area contributed by atoms with Gasteiger partial charge < -0.3 is 5.32 Å². The van der Waals surface area contributed by atoms with E-state index in [1.54, 1.807) is 6.07 Å². The first-order valence-corrected chi connectivity index (χ1v) is 7.40. The fourth-order valence-electron chi connectivity index (χ4n) is 3.68. The normalized spacial score (nSPS) is 25.5. The topological polar surface area (TPSA) is 24.9 Å². The lowest BCUT2D eigenvalue weighted by Crippen LogP contribution is -2.12. The van der Waals surface area contributed by atoms with E-state index in [1.165, 1.54) is 17.2 Å². The number of rotatable bonds is 3. The van der Waals surface area contributed by atoms with Crippen LogP contribution < -0.4 is 5.32 Å². The van der Waals surface area contributed by atoms with Crippen molar-refractivity contribution < 1.29 is 13.2 Å². The average Bonchev–Trinajstić information content (AvgIpc) is 3.03. The standard InChI is InChI=1S/C17H15F3N2/c18-17(19,20)14-6-3-7-15(22-14)21-9-13-12-8-10-4-1-2-5-11(10)16(12)13/h1-7,12-13,16H,8-9H2,(H,21,22). The van der Waals surface area contributed by atoms with Crippen molar-refractivity contribution in [3.63, 3.8) is 0 Å². The van der Waals surface area contributed by atoms with E-state index in [9.17, 15) is 13.2 Å². The molecular weight excluding hydrogens is 289 g/mol. The molecule has 2 nitrogen and oxygen atoms in total. The van der Waals surface area contributed by atoms with Gasteiger partial charge in [-0.05, 0) is 47.4 Å². The van der Waals surface area contributed by atoms with Crippen molar-refractivity contribution in [2.45, 2.75) is 18.5 Å². The van der Waals surface area contributed by atoms with Crippen molar-refractivity contribution in [3.05, 3.63) is 59.3 Å². The second kappa shape index (κ2) is 4.73. The number of nitrogens with one attached hydrogen (secondary N) is 1. The number of fused-ring (bicyclic) bond motifs is 3. The molecule has 0 bridgehead atoms. The molecule has 4 rings (SSSR count). The number of halogens is 3. The van der Waals surface area contributed by atoms with E-state index in [4.69, 9.17) is 0 Å². The third kappa shape index (κ3) is 2.25. The van der Waals surface area contributed by atoms with Crippen LogP contribution in [0, 0.1) is 11.8 Å². The molecule has 2 aliphatic rings. The molecule has 0 saturated heterocycles. The van der Waals surface area contributed by atoms with Crippen LogP contribution in [-0.2, 0) is 12.6 Å². The Hall–Kier alpha value is -2.04. The smallest absolute Gasteiger partial charge is 0.370 e. The molecule has 5 heteroatoms. The second-order valence-electron chi connectivity index (χ2n) is 6.04. The summed E-state index contributed by atoms with van der Waals surface area (Å²) in [5.74, 6) is 2.00. The Labute approximate surface area is 126 Å². The summed E-state index contributed by atoms with van der Waals surface area (Å²) in [7, 11) is 0. The molecule has 0 aliphatic heterocycles. The maximum Gasteiger partial charge on any atom is 0.433 e. The van der Waals surface area contributed by atoms with Gasteiger partial charge in [0.05, 0.1) is 0 Å². The molecule has 1 aromatic heterocycles. The Morgan fingerprint density at radius 3 is 2.73 bits per heavy atom. The Morgan fingerprint density at radius 1 is 1.09 bits per heavy atom. The summed E-state index contributed by atoms with van der Waals surface area (Å²) in [6.45, 7) is 0.679. The van der Waals surface area contributed by atoms with Crippen LogP contribution in [0.5, 0.6) is 0 Å². The first-order valence-electron chi connectivity index (χ1n) is 7.40. The highest BCUT2D eigenvalue weighted by Crippen LogP contribution is 2.61. The molecule has 1 N–H and O–H groups in total. The number of benzene rings is 1. The molecule has 22 heavy (non-hydrogen) atoms. The maximum absolute atomic E-state index is 12.6. The third-order valence-corrected chi connectivity index (χ3v) is 4.76. The maximum atomic E-state index is 12.6. The number of hydrogen-bond acceptors (Lipinski definition) is 2. The molecule has 0 amide bonds. The van der Waals surface area contributed by atoms with Gasteiger partial charge in [-0.3, -0.25) is 0 Å². The minimum atomic E-state index is -4.40. The van der Waals surface area contributed by atoms with Gasteiger partial charge in [0.15, 0.2) is 0 Å². The van der Waals surface area contributed by atoms with Crippen molar-refractivity contribution in [3.8, 4) is 0 Å². The molecule has 1 fully saturated rings. The number of alkyl halides is 3. The van der Waals surface area contributed by atoms with Crippen LogP contribution in [0.15, 0.2) is 42.5 Å². The summed E-state index contributed by atoms with van der Waals surface area (Å²) in [5.41, 5.74) is 1.99. The van der Waals surface area contributed by atoms with Crippen molar-refractivity contribution >= 4 is 5.82 Å². The molecule has 0 spiro atoms. The number of anilines is 1. The largest absolute Gasteiger partial charge is 0.433 e. The number of hydrogen-bond donors (Lipinski definition) is 1. The number of nitrogens with zero attached hydrogens (tertiary/aromatic N) is 1. The van der Waals surface area contributed by atoms with Crippen molar-refractivity contribution in [1.82, 2.24) is 4.98 Å². The van der Waals surface area contributed by atoms with E-state index in [2.05, 4.69) is 34.6 Å². The molecule has 1 aromatic carbocycles. The molecule has 0 radical (unpaired) electrons. The number of pyridine rings is 1. The Bertz CT molecular complexity index is 711. The minimum absolute atomic E-state index is 0.299. The van der Waals surface area contributed by atoms with E-state index < -0.39 is 11.9 Å². The highest BCUT2D eigenvalue weighted by atomic mass is 19.4. The molecular formula is C17H15F3N2. The SMILES string of the molecule is FC(F)(F)c1cccc(NCC2C3Cc4ccccc4C23)n1. The van der Waals surface area contributed by atoms with Gasteiger partial charge in [0.25, 0.3) is 0 Å². The summed E-state index contributed by atoms with van der Waals surface area (Å²) < 4.78 is 37.9. The van der Waals surface area contributed by atoms with Crippen LogP contribution in [0.25, 0.3) is 0 Å². The summed E-state index contributed by atoms with van der Waals surface area (Å²) in [6, 6.07) is 12.4. The predicted molar refractivity (Wildman–Crippen MR) is 77.6 cm³/mol. The molecule has 3 atom stereocenters. The fraction of sp³-hybridized carbons (Fsp3) is 0.353. The molecule has 114 valence electrons. The monoisotopic (exact) mass is 304 g/mol. The Balaban J connectivity index is 1.42. The van der Waals surface area contributed by atoms with Gasteiger partial charge in [-0.15, -0.1) is 0 Å². The summed E-state index contributed by atoms with van der Waals surface area (Å²) in [5, 5.41) is 3.07. The molecule has 3 unspecified atom stereocenters. The number of aromatic nitrogens is 1. The molecule has 1 saturated carbocycles. The van der Waals surface area contributed by atoms with E-state index in [-0.39, 0.29) is 0 Å². The lowest BCUT2D eigenvalue weighted by atomic mass is 10.0.